The first-order valence-electron chi connectivity index (χ1n) is 9.73. The van der Waals surface area contributed by atoms with E-state index >= 15 is 0 Å². The Morgan fingerprint density at radius 2 is 1.62 bits per heavy atom. The van der Waals surface area contributed by atoms with Crippen LogP contribution in [0.5, 0.6) is 0 Å². The third-order valence-corrected chi connectivity index (χ3v) is 6.47. The maximum Gasteiger partial charge on any atom is 0.250 e. The van der Waals surface area contributed by atoms with Crippen molar-refractivity contribution >= 4 is 17.3 Å². The fourth-order valence-corrected chi connectivity index (χ4v) is 4.87. The highest BCUT2D eigenvalue weighted by molar-refractivity contribution is 6.06. The van der Waals surface area contributed by atoms with Crippen LogP contribution in [-0.2, 0) is 17.6 Å². The Labute approximate surface area is 154 Å². The Kier molecular flexibility index (Phi) is 3.75. The van der Waals surface area contributed by atoms with E-state index < -0.39 is 5.54 Å². The number of piperidine rings is 1. The van der Waals surface area contributed by atoms with Gasteiger partial charge in [0, 0.05) is 19.1 Å². The molecule has 1 fully saturated rings. The van der Waals surface area contributed by atoms with Crippen LogP contribution in [0.2, 0.25) is 0 Å². The quantitative estimate of drug-likeness (QED) is 0.830. The van der Waals surface area contributed by atoms with Gasteiger partial charge in [0.05, 0.1) is 11.4 Å². The number of hydrogen-bond donors (Lipinski definition) is 2. The zero-order chi connectivity index (χ0) is 17.6. The Balaban J connectivity index is 1.29. The van der Waals surface area contributed by atoms with Crippen LogP contribution in [0.25, 0.3) is 0 Å². The van der Waals surface area contributed by atoms with E-state index in [-0.39, 0.29) is 5.91 Å². The lowest BCUT2D eigenvalue weighted by Crippen LogP contribution is -2.59. The summed E-state index contributed by atoms with van der Waals surface area (Å²) >= 11 is 0. The largest absolute Gasteiger partial charge is 0.369 e. The standard InChI is InChI=1S/C22H25N3O/c26-21-22(24-20-8-4-3-7-19(20)23-21)11-13-25(14-12-22)18-10-9-16-5-1-2-6-17(16)15-18/h1-8,18,24H,9-15H2,(H,23,26)/t18-/m1/s1. The SMILES string of the molecule is O=C1Nc2ccccc2NC12CCN([C@@H]1CCc3ccccc3C1)CC2. The molecule has 2 aromatic rings. The zero-order valence-electron chi connectivity index (χ0n) is 15.0. The van der Waals surface area contributed by atoms with Crippen LogP contribution in [0, 0.1) is 0 Å². The van der Waals surface area contributed by atoms with Crippen molar-refractivity contribution in [2.75, 3.05) is 23.7 Å². The van der Waals surface area contributed by atoms with Gasteiger partial charge in [0.2, 0.25) is 5.91 Å². The molecular weight excluding hydrogens is 322 g/mol. The summed E-state index contributed by atoms with van der Waals surface area (Å²) in [5, 5.41) is 6.67. The number of fused-ring (bicyclic) bond motifs is 2. The van der Waals surface area contributed by atoms with Gasteiger partial charge in [0.15, 0.2) is 0 Å². The smallest absolute Gasteiger partial charge is 0.250 e. The topological polar surface area (TPSA) is 44.4 Å². The molecule has 2 aliphatic heterocycles. The fraction of sp³-hybridized carbons (Fsp3) is 0.409. The highest BCUT2D eigenvalue weighted by Crippen LogP contribution is 2.37. The monoisotopic (exact) mass is 347 g/mol. The van der Waals surface area contributed by atoms with E-state index in [0.29, 0.717) is 6.04 Å². The molecule has 0 radical (unpaired) electrons. The summed E-state index contributed by atoms with van der Waals surface area (Å²) in [5.41, 5.74) is 4.52. The van der Waals surface area contributed by atoms with Gasteiger partial charge in [-0.3, -0.25) is 9.69 Å². The number of nitrogens with zero attached hydrogens (tertiary/aromatic N) is 1. The summed E-state index contributed by atoms with van der Waals surface area (Å²) < 4.78 is 0. The van der Waals surface area contributed by atoms with Gasteiger partial charge in [-0.25, -0.2) is 0 Å². The summed E-state index contributed by atoms with van der Waals surface area (Å²) in [5.74, 6) is 0.129. The molecule has 0 aromatic heterocycles. The molecule has 4 nitrogen and oxygen atoms in total. The van der Waals surface area contributed by atoms with Gasteiger partial charge in [-0.1, -0.05) is 36.4 Å². The van der Waals surface area contributed by atoms with Gasteiger partial charge >= 0.3 is 0 Å². The molecule has 2 heterocycles. The minimum atomic E-state index is -0.447. The van der Waals surface area contributed by atoms with Gasteiger partial charge in [-0.05, 0) is 55.4 Å². The van der Waals surface area contributed by atoms with Crippen molar-refractivity contribution in [3.63, 3.8) is 0 Å². The van der Waals surface area contributed by atoms with Gasteiger partial charge in [0.25, 0.3) is 0 Å². The van der Waals surface area contributed by atoms with E-state index in [2.05, 4.69) is 45.9 Å². The normalized spacial score (nSPS) is 24.3. The highest BCUT2D eigenvalue weighted by atomic mass is 16.2. The third kappa shape index (κ3) is 2.60. The number of aryl methyl sites for hydroxylation is 1. The Hall–Kier alpha value is -2.33. The molecule has 1 aliphatic carbocycles. The Morgan fingerprint density at radius 3 is 2.42 bits per heavy atom. The summed E-state index contributed by atoms with van der Waals surface area (Å²) in [7, 11) is 0. The van der Waals surface area contributed by atoms with Crippen molar-refractivity contribution in [3.8, 4) is 0 Å². The second-order valence-corrected chi connectivity index (χ2v) is 7.91. The second kappa shape index (κ2) is 6.13. The van der Waals surface area contributed by atoms with Gasteiger partial charge < -0.3 is 10.6 Å². The molecule has 26 heavy (non-hydrogen) atoms. The summed E-state index contributed by atoms with van der Waals surface area (Å²) in [6, 6.07) is 17.5. The number of nitrogens with one attached hydrogen (secondary N) is 2. The molecule has 134 valence electrons. The number of likely N-dealkylation sites (tertiary alicyclic amines) is 1. The van der Waals surface area contributed by atoms with E-state index in [4.69, 9.17) is 0 Å². The maximum atomic E-state index is 12.8. The van der Waals surface area contributed by atoms with E-state index in [0.717, 1.165) is 43.7 Å². The van der Waals surface area contributed by atoms with Gasteiger partial charge in [0.1, 0.15) is 5.54 Å². The number of amides is 1. The first-order chi connectivity index (χ1) is 12.7. The van der Waals surface area contributed by atoms with Crippen molar-refractivity contribution in [1.82, 2.24) is 4.90 Å². The van der Waals surface area contributed by atoms with E-state index in [9.17, 15) is 4.79 Å². The van der Waals surface area contributed by atoms with Crippen molar-refractivity contribution < 1.29 is 4.79 Å². The average molecular weight is 347 g/mol. The van der Waals surface area contributed by atoms with Crippen molar-refractivity contribution in [2.24, 2.45) is 0 Å². The number of carbonyl (C=O) groups excluding carboxylic acids is 1. The van der Waals surface area contributed by atoms with Crippen LogP contribution in [0.3, 0.4) is 0 Å². The summed E-state index contributed by atoms with van der Waals surface area (Å²) in [4.78, 5) is 15.4. The van der Waals surface area contributed by atoms with Crippen molar-refractivity contribution in [1.29, 1.82) is 0 Å². The highest BCUT2D eigenvalue weighted by Gasteiger charge is 2.45. The molecule has 5 rings (SSSR count). The lowest BCUT2D eigenvalue weighted by molar-refractivity contribution is -0.122. The lowest BCUT2D eigenvalue weighted by Gasteiger charge is -2.47. The summed E-state index contributed by atoms with van der Waals surface area (Å²) in [6.45, 7) is 1.96. The van der Waals surface area contributed by atoms with E-state index in [1.54, 1.807) is 0 Å². The van der Waals surface area contributed by atoms with Crippen molar-refractivity contribution in [3.05, 3.63) is 59.7 Å². The van der Waals surface area contributed by atoms with Gasteiger partial charge in [-0.15, -0.1) is 0 Å². The minimum Gasteiger partial charge on any atom is -0.369 e. The third-order valence-electron chi connectivity index (χ3n) is 6.47. The van der Waals surface area contributed by atoms with Crippen molar-refractivity contribution in [2.45, 2.75) is 43.7 Å². The van der Waals surface area contributed by atoms with Crippen LogP contribution in [0.15, 0.2) is 48.5 Å². The molecule has 1 atom stereocenters. The molecule has 0 saturated carbocycles. The lowest BCUT2D eigenvalue weighted by atomic mass is 9.81. The van der Waals surface area contributed by atoms with Gasteiger partial charge in [-0.2, -0.15) is 0 Å². The second-order valence-electron chi connectivity index (χ2n) is 7.91. The predicted octanol–water partition coefficient (Wildman–Crippen LogP) is 3.44. The van der Waals surface area contributed by atoms with E-state index in [1.165, 1.54) is 24.0 Å². The number of hydrogen-bond acceptors (Lipinski definition) is 3. The molecule has 3 aliphatic rings. The predicted molar refractivity (Wildman–Crippen MR) is 104 cm³/mol. The maximum absolute atomic E-state index is 12.8. The summed E-state index contributed by atoms with van der Waals surface area (Å²) in [6.07, 6.45) is 5.28. The Bertz CT molecular complexity index is 839. The first kappa shape index (κ1) is 15.9. The molecular formula is C22H25N3O. The number of anilines is 2. The van der Waals surface area contributed by atoms with E-state index in [1.807, 2.05) is 18.2 Å². The molecule has 2 N–H and O–H groups in total. The number of para-hydroxylation sites is 2. The molecule has 1 spiro atoms. The van der Waals surface area contributed by atoms with Crippen LogP contribution in [0.4, 0.5) is 11.4 Å². The number of benzene rings is 2. The molecule has 0 bridgehead atoms. The molecule has 4 heteroatoms. The molecule has 0 unspecified atom stereocenters. The van der Waals surface area contributed by atoms with Crippen LogP contribution < -0.4 is 10.6 Å². The van der Waals surface area contributed by atoms with Crippen LogP contribution >= 0.6 is 0 Å². The number of rotatable bonds is 1. The molecule has 2 aromatic carbocycles. The zero-order valence-corrected chi connectivity index (χ0v) is 15.0. The fourth-order valence-electron chi connectivity index (χ4n) is 4.87. The first-order valence-corrected chi connectivity index (χ1v) is 9.73. The Morgan fingerprint density at radius 1 is 0.923 bits per heavy atom. The molecule has 1 saturated heterocycles. The molecule has 1 amide bonds. The number of carbonyl (C=O) groups is 1. The average Bonchev–Trinajstić information content (AvgIpc) is 2.69. The minimum absolute atomic E-state index is 0.129. The van der Waals surface area contributed by atoms with Crippen LogP contribution in [-0.4, -0.2) is 35.5 Å². The van der Waals surface area contributed by atoms with Crippen LogP contribution in [0.1, 0.15) is 30.4 Å².